The molecule has 2 aliphatic heterocycles. The van der Waals surface area contributed by atoms with E-state index < -0.39 is 11.6 Å². The smallest absolute Gasteiger partial charge is 0.322 e. The first kappa shape index (κ1) is 23.4. The SMILES string of the molecule is CCNC(=NCCc1ccc(F)cc1)N1CCC(C2(C)NC(=O)NC2=O)CC1.I. The number of nitrogens with zero attached hydrogens (tertiary/aromatic N) is 2. The fourth-order valence-corrected chi connectivity index (χ4v) is 3.88. The van der Waals surface area contributed by atoms with Gasteiger partial charge in [0.1, 0.15) is 11.4 Å². The van der Waals surface area contributed by atoms with Gasteiger partial charge in [0.15, 0.2) is 5.96 Å². The Bertz CT molecular complexity index is 750. The van der Waals surface area contributed by atoms with Crippen LogP contribution >= 0.6 is 24.0 Å². The predicted molar refractivity (Wildman–Crippen MR) is 121 cm³/mol. The molecule has 0 bridgehead atoms. The molecule has 160 valence electrons. The lowest BCUT2D eigenvalue weighted by Crippen LogP contribution is -2.55. The minimum absolute atomic E-state index is 0. The summed E-state index contributed by atoms with van der Waals surface area (Å²) < 4.78 is 13.0. The summed E-state index contributed by atoms with van der Waals surface area (Å²) in [6, 6.07) is 6.09. The van der Waals surface area contributed by atoms with Gasteiger partial charge in [0.2, 0.25) is 0 Å². The Hall–Kier alpha value is -1.91. The number of likely N-dealkylation sites (tertiary alicyclic amines) is 1. The van der Waals surface area contributed by atoms with E-state index in [1.807, 2.05) is 6.92 Å². The number of hydrogen-bond acceptors (Lipinski definition) is 3. The summed E-state index contributed by atoms with van der Waals surface area (Å²) in [6.45, 7) is 6.75. The standard InChI is InChI=1S/C20H28FN5O2.HI/c1-3-22-18(23-11-8-14-4-6-16(21)7-5-14)26-12-9-15(10-13-26)20(2)17(27)24-19(28)25-20;/h4-7,15H,3,8-13H2,1-2H3,(H,22,23)(H2,24,25,27,28);1H. The van der Waals surface area contributed by atoms with E-state index in [-0.39, 0.29) is 41.6 Å². The molecule has 3 rings (SSSR count). The number of imide groups is 1. The minimum atomic E-state index is -0.832. The van der Waals surface area contributed by atoms with Gasteiger partial charge in [-0.15, -0.1) is 24.0 Å². The predicted octanol–water partition coefficient (Wildman–Crippen LogP) is 2.26. The van der Waals surface area contributed by atoms with Crippen molar-refractivity contribution in [3.8, 4) is 0 Å². The van der Waals surface area contributed by atoms with Gasteiger partial charge in [-0.3, -0.25) is 15.1 Å². The van der Waals surface area contributed by atoms with Crippen molar-refractivity contribution in [1.82, 2.24) is 20.9 Å². The van der Waals surface area contributed by atoms with Crippen molar-refractivity contribution in [2.24, 2.45) is 10.9 Å². The molecule has 9 heteroatoms. The van der Waals surface area contributed by atoms with E-state index in [2.05, 4.69) is 20.9 Å². The number of guanidine groups is 1. The molecule has 2 aliphatic rings. The third kappa shape index (κ3) is 5.58. The normalized spacial score (nSPS) is 22.7. The van der Waals surface area contributed by atoms with Crippen LogP contribution in [0.3, 0.4) is 0 Å². The first-order chi connectivity index (χ1) is 13.4. The molecule has 3 N–H and O–H groups in total. The number of aliphatic imine (C=N–C) groups is 1. The van der Waals surface area contributed by atoms with Crippen LogP contribution in [-0.4, -0.2) is 54.5 Å². The fraction of sp³-hybridized carbons (Fsp3) is 0.550. The molecule has 29 heavy (non-hydrogen) atoms. The number of urea groups is 1. The summed E-state index contributed by atoms with van der Waals surface area (Å²) in [7, 11) is 0. The highest BCUT2D eigenvalue weighted by molar-refractivity contribution is 14.0. The summed E-state index contributed by atoms with van der Waals surface area (Å²) in [5.41, 5.74) is 0.219. The lowest BCUT2D eigenvalue weighted by atomic mass is 9.79. The third-order valence-corrected chi connectivity index (χ3v) is 5.59. The topological polar surface area (TPSA) is 85.8 Å². The van der Waals surface area contributed by atoms with Crippen molar-refractivity contribution in [1.29, 1.82) is 0 Å². The van der Waals surface area contributed by atoms with Crippen molar-refractivity contribution >= 4 is 41.9 Å². The number of halogens is 2. The van der Waals surface area contributed by atoms with Crippen LogP contribution in [0.2, 0.25) is 0 Å². The Balaban J connectivity index is 0.00000300. The van der Waals surface area contributed by atoms with E-state index in [1.54, 1.807) is 19.1 Å². The molecule has 0 saturated carbocycles. The van der Waals surface area contributed by atoms with Crippen molar-refractivity contribution in [3.05, 3.63) is 35.6 Å². The molecule has 0 radical (unpaired) electrons. The molecule has 0 aromatic heterocycles. The van der Waals surface area contributed by atoms with Gasteiger partial charge in [-0.2, -0.15) is 0 Å². The maximum Gasteiger partial charge on any atom is 0.322 e. The number of piperidine rings is 1. The lowest BCUT2D eigenvalue weighted by molar-refractivity contribution is -0.125. The molecule has 1 aromatic rings. The zero-order chi connectivity index (χ0) is 20.1. The number of rotatable bonds is 5. The molecule has 3 amide bonds. The lowest BCUT2D eigenvalue weighted by Gasteiger charge is -2.39. The summed E-state index contributed by atoms with van der Waals surface area (Å²) in [4.78, 5) is 30.6. The second kappa shape index (κ2) is 10.2. The molecule has 1 atom stereocenters. The fourth-order valence-electron chi connectivity index (χ4n) is 3.88. The van der Waals surface area contributed by atoms with Crippen LogP contribution in [0, 0.1) is 11.7 Å². The molecule has 1 aromatic carbocycles. The number of carbonyl (C=O) groups excluding carboxylic acids is 2. The maximum atomic E-state index is 13.0. The Morgan fingerprint density at radius 1 is 1.28 bits per heavy atom. The zero-order valence-electron chi connectivity index (χ0n) is 16.8. The van der Waals surface area contributed by atoms with Gasteiger partial charge in [-0.05, 0) is 56.7 Å². The van der Waals surface area contributed by atoms with Gasteiger partial charge in [0.25, 0.3) is 5.91 Å². The molecule has 0 spiro atoms. The quantitative estimate of drug-likeness (QED) is 0.242. The highest BCUT2D eigenvalue weighted by Crippen LogP contribution is 2.30. The van der Waals surface area contributed by atoms with Crippen LogP contribution in [0.1, 0.15) is 32.3 Å². The third-order valence-electron chi connectivity index (χ3n) is 5.59. The first-order valence-corrected chi connectivity index (χ1v) is 9.83. The maximum absolute atomic E-state index is 13.0. The van der Waals surface area contributed by atoms with E-state index in [4.69, 9.17) is 4.99 Å². The zero-order valence-corrected chi connectivity index (χ0v) is 19.2. The largest absolute Gasteiger partial charge is 0.357 e. The number of nitrogens with one attached hydrogen (secondary N) is 3. The van der Waals surface area contributed by atoms with E-state index >= 15 is 0 Å². The van der Waals surface area contributed by atoms with E-state index in [0.29, 0.717) is 6.54 Å². The second-order valence-corrected chi connectivity index (χ2v) is 7.48. The van der Waals surface area contributed by atoms with Crippen LogP contribution in [0.15, 0.2) is 29.3 Å². The molecule has 0 aliphatic carbocycles. The molecule has 7 nitrogen and oxygen atoms in total. The van der Waals surface area contributed by atoms with Gasteiger partial charge in [-0.25, -0.2) is 9.18 Å². The second-order valence-electron chi connectivity index (χ2n) is 7.48. The highest BCUT2D eigenvalue weighted by Gasteiger charge is 2.48. The van der Waals surface area contributed by atoms with Crippen LogP contribution < -0.4 is 16.0 Å². The number of hydrogen-bond donors (Lipinski definition) is 3. The average molecular weight is 517 g/mol. The Morgan fingerprint density at radius 3 is 2.48 bits per heavy atom. The minimum Gasteiger partial charge on any atom is -0.357 e. The summed E-state index contributed by atoms with van der Waals surface area (Å²) in [5.74, 6) is 0.477. The van der Waals surface area contributed by atoms with Gasteiger partial charge in [0, 0.05) is 26.2 Å². The average Bonchev–Trinajstić information content (AvgIpc) is 2.95. The van der Waals surface area contributed by atoms with Crippen molar-refractivity contribution in [3.63, 3.8) is 0 Å². The molecular formula is C20H29FIN5O2. The van der Waals surface area contributed by atoms with E-state index in [0.717, 1.165) is 50.4 Å². The number of amides is 3. The highest BCUT2D eigenvalue weighted by atomic mass is 127. The van der Waals surface area contributed by atoms with Gasteiger partial charge in [-0.1, -0.05) is 12.1 Å². The van der Waals surface area contributed by atoms with E-state index in [9.17, 15) is 14.0 Å². The molecule has 2 fully saturated rings. The van der Waals surface area contributed by atoms with Crippen LogP contribution in [0.5, 0.6) is 0 Å². The van der Waals surface area contributed by atoms with Crippen molar-refractivity contribution in [2.45, 2.75) is 38.6 Å². The first-order valence-electron chi connectivity index (χ1n) is 9.83. The number of carbonyl (C=O) groups is 2. The van der Waals surface area contributed by atoms with Crippen molar-refractivity contribution < 1.29 is 14.0 Å². The van der Waals surface area contributed by atoms with Crippen LogP contribution in [0.25, 0.3) is 0 Å². The molecule has 1 unspecified atom stereocenters. The Kier molecular flexibility index (Phi) is 8.23. The monoisotopic (exact) mass is 517 g/mol. The van der Waals surface area contributed by atoms with Gasteiger partial charge >= 0.3 is 6.03 Å². The van der Waals surface area contributed by atoms with Gasteiger partial charge < -0.3 is 15.5 Å². The summed E-state index contributed by atoms with van der Waals surface area (Å²) in [5, 5.41) is 8.45. The van der Waals surface area contributed by atoms with Crippen LogP contribution in [0.4, 0.5) is 9.18 Å². The molecule has 2 heterocycles. The van der Waals surface area contributed by atoms with E-state index in [1.165, 1.54) is 12.1 Å². The summed E-state index contributed by atoms with van der Waals surface area (Å²) >= 11 is 0. The summed E-state index contributed by atoms with van der Waals surface area (Å²) in [6.07, 6.45) is 2.34. The van der Waals surface area contributed by atoms with Crippen LogP contribution in [-0.2, 0) is 11.2 Å². The Morgan fingerprint density at radius 2 is 1.93 bits per heavy atom. The van der Waals surface area contributed by atoms with Gasteiger partial charge in [0.05, 0.1) is 0 Å². The van der Waals surface area contributed by atoms with Crippen molar-refractivity contribution in [2.75, 3.05) is 26.2 Å². The molecular weight excluding hydrogens is 488 g/mol. The number of benzene rings is 1. The Labute approximate surface area is 187 Å². The molecule has 2 saturated heterocycles.